The van der Waals surface area contributed by atoms with Crippen molar-refractivity contribution in [3.63, 3.8) is 0 Å². The van der Waals surface area contributed by atoms with Crippen molar-refractivity contribution in [2.75, 3.05) is 27.4 Å². The molecule has 2 aromatic carbocycles. The molecule has 1 N–H and O–H groups in total. The lowest BCUT2D eigenvalue weighted by atomic mass is 10.1. The fourth-order valence-electron chi connectivity index (χ4n) is 4.24. The van der Waals surface area contributed by atoms with Crippen LogP contribution in [0, 0.1) is 0 Å². The van der Waals surface area contributed by atoms with Crippen molar-refractivity contribution in [2.45, 2.75) is 45.0 Å². The molecular formula is C27H33N3O5. The molecular weight excluding hydrogens is 446 g/mol. The summed E-state index contributed by atoms with van der Waals surface area (Å²) in [7, 11) is 3.29. The van der Waals surface area contributed by atoms with Crippen LogP contribution in [0.3, 0.4) is 0 Å². The number of hydrogen-bond donors (Lipinski definition) is 1. The number of nitrogens with zero attached hydrogens (tertiary/aromatic N) is 2. The molecule has 1 aliphatic rings. The minimum absolute atomic E-state index is 0.0618. The van der Waals surface area contributed by atoms with E-state index in [1.165, 1.54) is 11.8 Å². The van der Waals surface area contributed by atoms with Gasteiger partial charge in [0.1, 0.15) is 17.8 Å². The molecule has 0 saturated carbocycles. The third-order valence-electron chi connectivity index (χ3n) is 6.33. The summed E-state index contributed by atoms with van der Waals surface area (Å²) in [6.45, 7) is 4.39. The standard InChI is InChI=1S/C27H33N3O5/c1-19(20-8-5-4-6-9-20)30(16-21-11-12-22(32-2)14-25(21)33-3)17-26-29-24(18-35-26)27(31)28-15-23-10-7-13-34-23/h4-6,8-9,11-12,14,18-19,23H,7,10,13,15-17H2,1-3H3,(H,28,31)/t19-,23-/m1/s1. The van der Waals surface area contributed by atoms with Gasteiger partial charge in [-0.25, -0.2) is 4.98 Å². The Morgan fingerprint density at radius 3 is 2.71 bits per heavy atom. The molecule has 3 aromatic rings. The Labute approximate surface area is 206 Å². The molecule has 0 aliphatic carbocycles. The van der Waals surface area contributed by atoms with Crippen LogP contribution in [0.15, 0.2) is 59.2 Å². The number of carbonyl (C=O) groups excluding carboxylic acids is 1. The third kappa shape index (κ3) is 6.41. The van der Waals surface area contributed by atoms with Crippen molar-refractivity contribution in [1.82, 2.24) is 15.2 Å². The summed E-state index contributed by atoms with van der Waals surface area (Å²) in [5.74, 6) is 1.70. The van der Waals surface area contributed by atoms with Crippen LogP contribution in [0.2, 0.25) is 0 Å². The van der Waals surface area contributed by atoms with Gasteiger partial charge in [0.2, 0.25) is 5.89 Å². The first kappa shape index (κ1) is 24.8. The van der Waals surface area contributed by atoms with Crippen LogP contribution in [0.5, 0.6) is 11.5 Å². The van der Waals surface area contributed by atoms with Crippen molar-refractivity contribution in [3.05, 3.63) is 77.5 Å². The molecule has 186 valence electrons. The lowest BCUT2D eigenvalue weighted by Gasteiger charge is -2.29. The van der Waals surface area contributed by atoms with Crippen molar-refractivity contribution >= 4 is 5.91 Å². The Hall–Kier alpha value is -3.36. The van der Waals surface area contributed by atoms with E-state index in [1.807, 2.05) is 36.4 Å². The monoisotopic (exact) mass is 479 g/mol. The molecule has 1 aromatic heterocycles. The molecule has 0 unspecified atom stereocenters. The SMILES string of the molecule is COc1ccc(CN(Cc2nc(C(=O)NC[C@H]3CCCO3)co2)[C@H](C)c2ccccc2)c(OC)c1. The molecule has 4 rings (SSSR count). The van der Waals surface area contributed by atoms with Crippen LogP contribution in [-0.2, 0) is 17.8 Å². The molecule has 0 radical (unpaired) electrons. The lowest BCUT2D eigenvalue weighted by Crippen LogP contribution is -2.32. The van der Waals surface area contributed by atoms with Gasteiger partial charge in [-0.1, -0.05) is 36.4 Å². The summed E-state index contributed by atoms with van der Waals surface area (Å²) >= 11 is 0. The van der Waals surface area contributed by atoms with E-state index in [9.17, 15) is 4.79 Å². The summed E-state index contributed by atoms with van der Waals surface area (Å²) in [4.78, 5) is 19.3. The number of benzene rings is 2. The number of aromatic nitrogens is 1. The fourth-order valence-corrected chi connectivity index (χ4v) is 4.24. The van der Waals surface area contributed by atoms with Crippen LogP contribution in [-0.4, -0.2) is 49.3 Å². The Balaban J connectivity index is 1.50. The van der Waals surface area contributed by atoms with E-state index in [-0.39, 0.29) is 23.7 Å². The second kappa shape index (κ2) is 11.9. The van der Waals surface area contributed by atoms with Gasteiger partial charge in [0.15, 0.2) is 5.69 Å². The maximum atomic E-state index is 12.6. The van der Waals surface area contributed by atoms with Crippen molar-refractivity contribution in [2.24, 2.45) is 0 Å². The zero-order valence-electron chi connectivity index (χ0n) is 20.5. The predicted molar refractivity (Wildman–Crippen MR) is 131 cm³/mol. The molecule has 2 atom stereocenters. The summed E-state index contributed by atoms with van der Waals surface area (Å²) < 4.78 is 22.2. The third-order valence-corrected chi connectivity index (χ3v) is 6.33. The van der Waals surface area contributed by atoms with Gasteiger partial charge in [-0.05, 0) is 31.4 Å². The van der Waals surface area contributed by atoms with E-state index >= 15 is 0 Å². The van der Waals surface area contributed by atoms with E-state index in [2.05, 4.69) is 34.3 Å². The van der Waals surface area contributed by atoms with Gasteiger partial charge in [-0.3, -0.25) is 9.69 Å². The number of oxazole rings is 1. The predicted octanol–water partition coefficient (Wildman–Crippen LogP) is 4.36. The second-order valence-electron chi connectivity index (χ2n) is 8.64. The maximum Gasteiger partial charge on any atom is 0.273 e. The van der Waals surface area contributed by atoms with Crippen molar-refractivity contribution in [3.8, 4) is 11.5 Å². The molecule has 0 bridgehead atoms. The Morgan fingerprint density at radius 2 is 2.00 bits per heavy atom. The summed E-state index contributed by atoms with van der Waals surface area (Å²) in [6, 6.07) is 16.1. The normalized spacial score (nSPS) is 16.3. The number of nitrogens with one attached hydrogen (secondary N) is 1. The van der Waals surface area contributed by atoms with E-state index in [0.29, 0.717) is 25.5 Å². The van der Waals surface area contributed by atoms with Gasteiger partial charge < -0.3 is 23.9 Å². The van der Waals surface area contributed by atoms with Crippen molar-refractivity contribution in [1.29, 1.82) is 0 Å². The lowest BCUT2D eigenvalue weighted by molar-refractivity contribution is 0.0853. The number of amides is 1. The zero-order chi connectivity index (χ0) is 24.6. The molecule has 0 spiro atoms. The molecule has 1 aliphatic heterocycles. The highest BCUT2D eigenvalue weighted by molar-refractivity contribution is 5.91. The maximum absolute atomic E-state index is 12.6. The average molecular weight is 480 g/mol. The van der Waals surface area contributed by atoms with Crippen LogP contribution in [0.1, 0.15) is 53.3 Å². The number of rotatable bonds is 11. The van der Waals surface area contributed by atoms with E-state index in [1.54, 1.807) is 14.2 Å². The van der Waals surface area contributed by atoms with Crippen LogP contribution < -0.4 is 14.8 Å². The van der Waals surface area contributed by atoms with Crippen LogP contribution in [0.25, 0.3) is 0 Å². The topological polar surface area (TPSA) is 86.1 Å². The van der Waals surface area contributed by atoms with Gasteiger partial charge in [0.25, 0.3) is 5.91 Å². The zero-order valence-corrected chi connectivity index (χ0v) is 20.5. The smallest absolute Gasteiger partial charge is 0.273 e. The van der Waals surface area contributed by atoms with E-state index in [0.717, 1.165) is 36.5 Å². The van der Waals surface area contributed by atoms with Crippen LogP contribution >= 0.6 is 0 Å². The minimum atomic E-state index is -0.255. The summed E-state index contributed by atoms with van der Waals surface area (Å²) in [5, 5.41) is 2.89. The van der Waals surface area contributed by atoms with Gasteiger partial charge >= 0.3 is 0 Å². The highest BCUT2D eigenvalue weighted by Gasteiger charge is 2.23. The first-order valence-corrected chi connectivity index (χ1v) is 11.9. The fraction of sp³-hybridized carbons (Fsp3) is 0.407. The number of ether oxygens (including phenoxy) is 3. The number of methoxy groups -OCH3 is 2. The summed E-state index contributed by atoms with van der Waals surface area (Å²) in [5.41, 5.74) is 2.45. The van der Waals surface area contributed by atoms with E-state index < -0.39 is 0 Å². The molecule has 2 heterocycles. The first-order chi connectivity index (χ1) is 17.1. The highest BCUT2D eigenvalue weighted by Crippen LogP contribution is 2.30. The Bertz CT molecular complexity index is 1100. The average Bonchev–Trinajstić information content (AvgIpc) is 3.59. The number of carbonyl (C=O) groups is 1. The van der Waals surface area contributed by atoms with Gasteiger partial charge in [0, 0.05) is 37.4 Å². The van der Waals surface area contributed by atoms with E-state index in [4.69, 9.17) is 18.6 Å². The van der Waals surface area contributed by atoms with Gasteiger partial charge in [0.05, 0.1) is 26.9 Å². The number of hydrogen-bond acceptors (Lipinski definition) is 7. The molecule has 1 amide bonds. The molecule has 8 heteroatoms. The molecule has 8 nitrogen and oxygen atoms in total. The largest absolute Gasteiger partial charge is 0.497 e. The molecule has 1 fully saturated rings. The Morgan fingerprint density at radius 1 is 1.17 bits per heavy atom. The molecule has 1 saturated heterocycles. The summed E-state index contributed by atoms with van der Waals surface area (Å²) in [6.07, 6.45) is 3.49. The second-order valence-corrected chi connectivity index (χ2v) is 8.64. The van der Waals surface area contributed by atoms with Crippen LogP contribution in [0.4, 0.5) is 0 Å². The van der Waals surface area contributed by atoms with Gasteiger partial charge in [-0.2, -0.15) is 0 Å². The quantitative estimate of drug-likeness (QED) is 0.437. The van der Waals surface area contributed by atoms with Crippen molar-refractivity contribution < 1.29 is 23.4 Å². The highest BCUT2D eigenvalue weighted by atomic mass is 16.5. The minimum Gasteiger partial charge on any atom is -0.497 e. The van der Waals surface area contributed by atoms with Gasteiger partial charge in [-0.15, -0.1) is 0 Å². The Kier molecular flexibility index (Phi) is 8.39. The molecule has 35 heavy (non-hydrogen) atoms. The first-order valence-electron chi connectivity index (χ1n) is 11.9.